The topological polar surface area (TPSA) is 62.3 Å². The Hall–Kier alpha value is -1.83. The van der Waals surface area contributed by atoms with Crippen LogP contribution in [0.15, 0.2) is 85.8 Å². The minimum atomic E-state index is 0. The average Bonchev–Trinajstić information content (AvgIpc) is 3.45. The van der Waals surface area contributed by atoms with Gasteiger partial charge in [-0.3, -0.25) is 9.98 Å². The first-order chi connectivity index (χ1) is 15.7. The molecule has 0 fully saturated rings. The van der Waals surface area contributed by atoms with Gasteiger partial charge in [0.25, 0.3) is 0 Å². The van der Waals surface area contributed by atoms with Crippen LogP contribution in [0.3, 0.4) is 0 Å². The fraction of sp³-hybridized carbons (Fsp3) is 0.370. The van der Waals surface area contributed by atoms with Crippen molar-refractivity contribution >= 4 is 23.1 Å². The van der Waals surface area contributed by atoms with Crippen LogP contribution in [0.1, 0.15) is 63.8 Å². The summed E-state index contributed by atoms with van der Waals surface area (Å²) in [6.07, 6.45) is 20.0. The van der Waals surface area contributed by atoms with Crippen molar-refractivity contribution in [2.45, 2.75) is 64.5 Å². The van der Waals surface area contributed by atoms with Crippen LogP contribution < -0.4 is 37.2 Å². The van der Waals surface area contributed by atoms with Gasteiger partial charge in [-0.25, -0.2) is 15.0 Å². The first-order valence-corrected chi connectivity index (χ1v) is 11.8. The Kier molecular flexibility index (Phi) is 13.2. The molecule has 0 amide bonds. The van der Waals surface area contributed by atoms with Crippen molar-refractivity contribution in [3.63, 3.8) is 0 Å². The minimum absolute atomic E-state index is 0. The van der Waals surface area contributed by atoms with E-state index in [1.165, 1.54) is 36.8 Å². The van der Waals surface area contributed by atoms with Crippen molar-refractivity contribution in [3.8, 4) is 0 Å². The molecule has 192 valence electrons. The number of halogens is 3. The summed E-state index contributed by atoms with van der Waals surface area (Å²) in [5.41, 5.74) is 6.24. The van der Waals surface area contributed by atoms with Crippen LogP contribution in [0.25, 0.3) is 0 Å². The second-order valence-electron chi connectivity index (χ2n) is 8.64. The van der Waals surface area contributed by atoms with Gasteiger partial charge in [-0.1, -0.05) is 57.1 Å². The van der Waals surface area contributed by atoms with Crippen molar-refractivity contribution in [2.75, 3.05) is 0 Å². The largest absolute Gasteiger partial charge is 3.00 e. The second-order valence-corrected chi connectivity index (χ2v) is 8.64. The normalized spacial score (nSPS) is 20.5. The predicted molar refractivity (Wildman–Crippen MR) is 133 cm³/mol. The van der Waals surface area contributed by atoms with Crippen LogP contribution in [-0.2, 0) is 16.8 Å². The summed E-state index contributed by atoms with van der Waals surface area (Å²) in [7, 11) is 0. The molecule has 0 N–H and O–H groups in total. The van der Waals surface area contributed by atoms with Crippen molar-refractivity contribution in [1.82, 2.24) is 4.98 Å². The number of hydrogen-bond donors (Lipinski definition) is 0. The Morgan fingerprint density at radius 1 is 0.694 bits per heavy atom. The first kappa shape index (κ1) is 32.2. The zero-order valence-electron chi connectivity index (χ0n) is 20.3. The van der Waals surface area contributed by atoms with E-state index in [4.69, 9.17) is 25.0 Å². The summed E-state index contributed by atoms with van der Waals surface area (Å²) >= 11 is 0. The molecule has 0 bridgehead atoms. The molecule has 2 aliphatic heterocycles. The van der Waals surface area contributed by atoms with Crippen LogP contribution in [-0.4, -0.2) is 40.2 Å². The molecule has 0 saturated heterocycles. The summed E-state index contributed by atoms with van der Waals surface area (Å²) in [6.45, 7) is 4.43. The van der Waals surface area contributed by atoms with Gasteiger partial charge in [0.2, 0.25) is 0 Å². The third-order valence-corrected chi connectivity index (χ3v) is 6.10. The number of hydrogen-bond acceptors (Lipinski definition) is 5. The molecule has 1 aromatic heterocycles. The molecule has 2 aliphatic carbocycles. The Bertz CT molecular complexity index is 1090. The monoisotopic (exact) mass is 587 g/mol. The van der Waals surface area contributed by atoms with Crippen LogP contribution >= 0.6 is 0 Å². The van der Waals surface area contributed by atoms with Gasteiger partial charge in [-0.05, 0) is 61.1 Å². The Morgan fingerprint density at radius 2 is 1.14 bits per heavy atom. The van der Waals surface area contributed by atoms with E-state index in [1.54, 1.807) is 0 Å². The number of nitrogens with zero attached hydrogens (tertiary/aromatic N) is 5. The molecule has 5 nitrogen and oxygen atoms in total. The molecule has 36 heavy (non-hydrogen) atoms. The van der Waals surface area contributed by atoms with E-state index < -0.39 is 0 Å². The van der Waals surface area contributed by atoms with Gasteiger partial charge in [-0.2, -0.15) is 0 Å². The Balaban J connectivity index is 0.00000162. The molecule has 1 aromatic rings. The fourth-order valence-electron chi connectivity index (χ4n) is 4.26. The number of allylic oxidation sites excluding steroid dienone is 4. The molecule has 0 aromatic carbocycles. The van der Waals surface area contributed by atoms with Crippen molar-refractivity contribution < 1.29 is 54.0 Å². The molecule has 9 heteroatoms. The van der Waals surface area contributed by atoms with Gasteiger partial charge in [0.15, 0.2) is 11.7 Å². The fourth-order valence-corrected chi connectivity index (χ4v) is 4.26. The maximum absolute atomic E-state index is 4.82. The SMILES string of the molecule is CCCCC1=CC2=NC(c3cccc(C4=NC5C=CC(CCCC)=CC5=N4)n3)=NC2C=C1.[Cl-].[Cl-].[Cl-].[Co+3]. The standard InChI is InChI=1S/C27H29N5.3ClH.Co/c1-3-5-8-18-12-14-20-24(16-18)31-26(29-20)22-10-7-11-23(28-22)27-30-21-15-13-19(9-6-4-2)17-25(21)32-27;;;;/h7,10-17,20-21H,3-6,8-9H2,1-2H3;3*1H;/q;;;;+3/p-3. The Morgan fingerprint density at radius 3 is 1.56 bits per heavy atom. The van der Waals surface area contributed by atoms with E-state index >= 15 is 0 Å². The molecule has 2 unspecified atom stereocenters. The molecule has 0 saturated carbocycles. The molecule has 5 rings (SSSR count). The Labute approximate surface area is 242 Å². The number of fused-ring (bicyclic) bond motifs is 2. The smallest absolute Gasteiger partial charge is 1.00 e. The molecule has 3 heterocycles. The van der Waals surface area contributed by atoms with Crippen LogP contribution in [0.2, 0.25) is 0 Å². The maximum Gasteiger partial charge on any atom is 3.00 e. The maximum atomic E-state index is 4.82. The van der Waals surface area contributed by atoms with Gasteiger partial charge >= 0.3 is 16.8 Å². The van der Waals surface area contributed by atoms with E-state index in [2.05, 4.69) is 50.3 Å². The number of aromatic nitrogens is 1. The van der Waals surface area contributed by atoms with E-state index in [0.717, 1.165) is 35.7 Å². The molecule has 2 atom stereocenters. The van der Waals surface area contributed by atoms with Crippen molar-refractivity contribution in [2.24, 2.45) is 20.0 Å². The molecular weight excluding hydrogens is 560 g/mol. The predicted octanol–water partition coefficient (Wildman–Crippen LogP) is -3.40. The van der Waals surface area contributed by atoms with E-state index in [-0.39, 0.29) is 66.1 Å². The van der Waals surface area contributed by atoms with Gasteiger partial charge in [0, 0.05) is 0 Å². The van der Waals surface area contributed by atoms with E-state index in [9.17, 15) is 0 Å². The summed E-state index contributed by atoms with van der Waals surface area (Å²) in [6, 6.07) is 5.93. The quantitative estimate of drug-likeness (QED) is 0.313. The number of amidine groups is 2. The molecular formula is C27H29Cl3CoN5. The van der Waals surface area contributed by atoms with Gasteiger partial charge in [-0.15, -0.1) is 0 Å². The summed E-state index contributed by atoms with van der Waals surface area (Å²) in [5, 5.41) is 0. The summed E-state index contributed by atoms with van der Waals surface area (Å²) < 4.78 is 0. The molecule has 0 spiro atoms. The molecule has 4 aliphatic rings. The van der Waals surface area contributed by atoms with Crippen LogP contribution in [0.4, 0.5) is 0 Å². The van der Waals surface area contributed by atoms with Crippen molar-refractivity contribution in [3.05, 3.63) is 77.2 Å². The second kappa shape index (κ2) is 14.8. The number of rotatable bonds is 8. The third kappa shape index (κ3) is 7.14. The first-order valence-electron chi connectivity index (χ1n) is 11.8. The number of pyridine rings is 1. The summed E-state index contributed by atoms with van der Waals surface area (Å²) in [5.74, 6) is 1.38. The number of unbranched alkanes of at least 4 members (excludes halogenated alkanes) is 2. The minimum Gasteiger partial charge on any atom is -1.00 e. The zero-order chi connectivity index (χ0) is 21.9. The average molecular weight is 589 g/mol. The molecule has 0 radical (unpaired) electrons. The van der Waals surface area contributed by atoms with Crippen LogP contribution in [0, 0.1) is 0 Å². The van der Waals surface area contributed by atoms with E-state index in [0.29, 0.717) is 11.7 Å². The third-order valence-electron chi connectivity index (χ3n) is 6.10. The van der Waals surface area contributed by atoms with Crippen LogP contribution in [0.5, 0.6) is 0 Å². The van der Waals surface area contributed by atoms with Gasteiger partial charge < -0.3 is 37.2 Å². The van der Waals surface area contributed by atoms with Crippen molar-refractivity contribution in [1.29, 1.82) is 0 Å². The van der Waals surface area contributed by atoms with Gasteiger partial charge in [0.1, 0.15) is 23.5 Å². The number of aliphatic imine (C=N–C) groups is 4. The van der Waals surface area contributed by atoms with Gasteiger partial charge in [0.05, 0.1) is 11.4 Å². The zero-order valence-corrected chi connectivity index (χ0v) is 23.6. The summed E-state index contributed by atoms with van der Waals surface area (Å²) in [4.78, 5) is 24.0. The van der Waals surface area contributed by atoms with E-state index in [1.807, 2.05) is 18.2 Å².